The Morgan fingerprint density at radius 3 is 2.89 bits per heavy atom. The van der Waals surface area contributed by atoms with Crippen molar-refractivity contribution >= 4 is 11.6 Å². The number of carbonyl (C=O) groups excluding carboxylic acids is 1. The number of β-amino-alcohol motifs (C(OH)–C–C–N with tert-alkyl or cyclic N) is 1. The number of nitrogens with zero attached hydrogens (tertiary/aromatic N) is 2. The molecule has 2 atom stereocenters. The standard InChI is InChI=1S/C14H21N3O2/c1-16(2)8-12-7-13(18)9-17(12)14(19)10-4-3-5-11(15)6-10/h3-6,12-13,18H,7-9,15H2,1-2H3. The van der Waals surface area contributed by atoms with Crippen LogP contribution in [0.5, 0.6) is 0 Å². The van der Waals surface area contributed by atoms with Gasteiger partial charge in [0.15, 0.2) is 0 Å². The molecule has 1 heterocycles. The predicted molar refractivity (Wildman–Crippen MR) is 74.9 cm³/mol. The van der Waals surface area contributed by atoms with Gasteiger partial charge in [-0.05, 0) is 38.7 Å². The molecular weight excluding hydrogens is 242 g/mol. The van der Waals surface area contributed by atoms with Gasteiger partial charge in [0, 0.05) is 30.4 Å². The number of hydrogen-bond acceptors (Lipinski definition) is 4. The summed E-state index contributed by atoms with van der Waals surface area (Å²) in [6, 6.07) is 7.03. The van der Waals surface area contributed by atoms with E-state index in [1.165, 1.54) is 0 Å². The average molecular weight is 263 g/mol. The lowest BCUT2D eigenvalue weighted by Crippen LogP contribution is -2.41. The van der Waals surface area contributed by atoms with Crippen LogP contribution < -0.4 is 5.73 Å². The van der Waals surface area contributed by atoms with Gasteiger partial charge in [-0.1, -0.05) is 6.07 Å². The highest BCUT2D eigenvalue weighted by Crippen LogP contribution is 2.21. The lowest BCUT2D eigenvalue weighted by Gasteiger charge is -2.27. The first-order chi connectivity index (χ1) is 8.97. The smallest absolute Gasteiger partial charge is 0.254 e. The topological polar surface area (TPSA) is 69.8 Å². The molecule has 0 aromatic heterocycles. The lowest BCUT2D eigenvalue weighted by atomic mass is 10.1. The summed E-state index contributed by atoms with van der Waals surface area (Å²) in [6.07, 6.45) is 0.196. The summed E-state index contributed by atoms with van der Waals surface area (Å²) in [6.45, 7) is 1.15. The molecule has 0 bridgehead atoms. The third-order valence-electron chi connectivity index (χ3n) is 3.36. The van der Waals surface area contributed by atoms with Crippen LogP contribution in [-0.4, -0.2) is 60.1 Å². The van der Waals surface area contributed by atoms with Gasteiger partial charge in [0.25, 0.3) is 5.91 Å². The zero-order chi connectivity index (χ0) is 14.0. The number of aliphatic hydroxyl groups excluding tert-OH is 1. The van der Waals surface area contributed by atoms with E-state index in [2.05, 4.69) is 0 Å². The van der Waals surface area contributed by atoms with E-state index in [1.54, 1.807) is 29.2 Å². The minimum absolute atomic E-state index is 0.0546. The second kappa shape index (κ2) is 5.59. The van der Waals surface area contributed by atoms with Gasteiger partial charge in [0.2, 0.25) is 0 Å². The van der Waals surface area contributed by atoms with Crippen LogP contribution >= 0.6 is 0 Å². The maximum Gasteiger partial charge on any atom is 0.254 e. The highest BCUT2D eigenvalue weighted by molar-refractivity contribution is 5.95. The van der Waals surface area contributed by atoms with Crippen LogP contribution in [0.25, 0.3) is 0 Å². The van der Waals surface area contributed by atoms with Crippen LogP contribution in [0.15, 0.2) is 24.3 Å². The Bertz CT molecular complexity index is 462. The molecule has 0 aliphatic carbocycles. The maximum atomic E-state index is 12.5. The molecular formula is C14H21N3O2. The number of likely N-dealkylation sites (tertiary alicyclic amines) is 1. The molecule has 0 spiro atoms. The monoisotopic (exact) mass is 263 g/mol. The van der Waals surface area contributed by atoms with Crippen molar-refractivity contribution in [2.75, 3.05) is 32.9 Å². The molecule has 1 aromatic rings. The van der Waals surface area contributed by atoms with E-state index in [0.717, 1.165) is 6.54 Å². The summed E-state index contributed by atoms with van der Waals surface area (Å²) < 4.78 is 0. The molecule has 2 unspecified atom stereocenters. The Hall–Kier alpha value is -1.59. The van der Waals surface area contributed by atoms with Gasteiger partial charge in [-0.25, -0.2) is 0 Å². The number of amides is 1. The highest BCUT2D eigenvalue weighted by atomic mass is 16.3. The van der Waals surface area contributed by atoms with Crippen LogP contribution in [0.2, 0.25) is 0 Å². The molecule has 0 radical (unpaired) electrons. The SMILES string of the molecule is CN(C)CC1CC(O)CN1C(=O)c1cccc(N)c1. The Kier molecular flexibility index (Phi) is 4.07. The predicted octanol–water partition coefficient (Wildman–Crippen LogP) is 0.406. The van der Waals surface area contributed by atoms with Crippen molar-refractivity contribution in [3.05, 3.63) is 29.8 Å². The molecule has 0 saturated carbocycles. The molecule has 1 amide bonds. The van der Waals surface area contributed by atoms with Crippen molar-refractivity contribution in [1.29, 1.82) is 0 Å². The third-order valence-corrected chi connectivity index (χ3v) is 3.36. The van der Waals surface area contributed by atoms with Crippen LogP contribution in [0.1, 0.15) is 16.8 Å². The highest BCUT2D eigenvalue weighted by Gasteiger charge is 2.34. The van der Waals surface area contributed by atoms with E-state index in [0.29, 0.717) is 24.2 Å². The third kappa shape index (κ3) is 3.24. The number of nitrogen functional groups attached to an aromatic ring is 1. The number of benzene rings is 1. The van der Waals surface area contributed by atoms with Crippen molar-refractivity contribution in [3.63, 3.8) is 0 Å². The summed E-state index contributed by atoms with van der Waals surface area (Å²) in [4.78, 5) is 16.3. The molecule has 1 fully saturated rings. The van der Waals surface area contributed by atoms with Crippen LogP contribution in [0, 0.1) is 0 Å². The average Bonchev–Trinajstić information content (AvgIpc) is 2.68. The Labute approximate surface area is 113 Å². The van der Waals surface area contributed by atoms with Gasteiger partial charge in [0.05, 0.1) is 6.10 Å². The summed E-state index contributed by atoms with van der Waals surface area (Å²) in [5, 5.41) is 9.80. The minimum Gasteiger partial charge on any atom is -0.399 e. The molecule has 19 heavy (non-hydrogen) atoms. The first-order valence-corrected chi connectivity index (χ1v) is 6.46. The number of likely N-dealkylation sites (N-methyl/N-ethyl adjacent to an activating group) is 1. The minimum atomic E-state index is -0.435. The Morgan fingerprint density at radius 2 is 2.26 bits per heavy atom. The largest absolute Gasteiger partial charge is 0.399 e. The first-order valence-electron chi connectivity index (χ1n) is 6.46. The van der Waals surface area contributed by atoms with E-state index in [4.69, 9.17) is 5.73 Å². The fourth-order valence-electron chi connectivity index (χ4n) is 2.57. The maximum absolute atomic E-state index is 12.5. The molecule has 1 aromatic carbocycles. The van der Waals surface area contributed by atoms with E-state index in [1.807, 2.05) is 19.0 Å². The van der Waals surface area contributed by atoms with Gasteiger partial charge in [-0.2, -0.15) is 0 Å². The van der Waals surface area contributed by atoms with E-state index < -0.39 is 6.10 Å². The van der Waals surface area contributed by atoms with E-state index >= 15 is 0 Å². The van der Waals surface area contributed by atoms with Crippen LogP contribution in [-0.2, 0) is 0 Å². The Balaban J connectivity index is 2.17. The number of carbonyl (C=O) groups is 1. The first kappa shape index (κ1) is 13.8. The Morgan fingerprint density at radius 1 is 1.53 bits per heavy atom. The van der Waals surface area contributed by atoms with Crippen molar-refractivity contribution < 1.29 is 9.90 Å². The molecule has 3 N–H and O–H groups in total. The summed E-state index contributed by atoms with van der Waals surface area (Å²) >= 11 is 0. The zero-order valence-corrected chi connectivity index (χ0v) is 11.4. The van der Waals surface area contributed by atoms with Gasteiger partial charge >= 0.3 is 0 Å². The summed E-state index contributed by atoms with van der Waals surface area (Å²) in [5.41, 5.74) is 6.87. The summed E-state index contributed by atoms with van der Waals surface area (Å²) in [5.74, 6) is -0.0595. The fourth-order valence-corrected chi connectivity index (χ4v) is 2.57. The quantitative estimate of drug-likeness (QED) is 0.775. The normalized spacial score (nSPS) is 23.1. The molecule has 104 valence electrons. The van der Waals surface area contributed by atoms with Gasteiger partial charge in [-0.15, -0.1) is 0 Å². The van der Waals surface area contributed by atoms with Crippen molar-refractivity contribution in [2.24, 2.45) is 0 Å². The second-order valence-electron chi connectivity index (χ2n) is 5.39. The van der Waals surface area contributed by atoms with Crippen molar-refractivity contribution in [3.8, 4) is 0 Å². The van der Waals surface area contributed by atoms with Gasteiger partial charge < -0.3 is 20.6 Å². The van der Waals surface area contributed by atoms with Crippen molar-refractivity contribution in [1.82, 2.24) is 9.80 Å². The zero-order valence-electron chi connectivity index (χ0n) is 11.4. The van der Waals surface area contributed by atoms with Gasteiger partial charge in [-0.3, -0.25) is 4.79 Å². The molecule has 5 nitrogen and oxygen atoms in total. The summed E-state index contributed by atoms with van der Waals surface area (Å²) in [7, 11) is 3.93. The second-order valence-corrected chi connectivity index (χ2v) is 5.39. The van der Waals surface area contributed by atoms with Crippen LogP contribution in [0.4, 0.5) is 5.69 Å². The van der Waals surface area contributed by atoms with E-state index in [-0.39, 0.29) is 11.9 Å². The fraction of sp³-hybridized carbons (Fsp3) is 0.500. The number of anilines is 1. The molecule has 1 aliphatic rings. The molecule has 5 heteroatoms. The number of nitrogens with two attached hydrogens (primary N) is 1. The lowest BCUT2D eigenvalue weighted by molar-refractivity contribution is 0.0699. The molecule has 1 aliphatic heterocycles. The number of hydrogen-bond donors (Lipinski definition) is 2. The van der Waals surface area contributed by atoms with Gasteiger partial charge in [0.1, 0.15) is 0 Å². The van der Waals surface area contributed by atoms with Crippen LogP contribution in [0.3, 0.4) is 0 Å². The number of aliphatic hydroxyl groups is 1. The van der Waals surface area contributed by atoms with Crippen molar-refractivity contribution in [2.45, 2.75) is 18.6 Å². The molecule has 2 rings (SSSR count). The molecule has 1 saturated heterocycles. The number of rotatable bonds is 3. The van der Waals surface area contributed by atoms with E-state index in [9.17, 15) is 9.90 Å².